The number of H-pyrrole nitrogens is 1. The number of hydrogen-bond donors (Lipinski definition) is 1. The van der Waals surface area contributed by atoms with E-state index in [9.17, 15) is 31.5 Å². The van der Waals surface area contributed by atoms with Crippen molar-refractivity contribution in [2.24, 2.45) is 13.0 Å². The molecule has 14 heteroatoms. The van der Waals surface area contributed by atoms with E-state index in [4.69, 9.17) is 9.72 Å². The number of benzene rings is 2. The van der Waals surface area contributed by atoms with Crippen LogP contribution in [0.3, 0.4) is 0 Å². The highest BCUT2D eigenvalue weighted by molar-refractivity contribution is 5.80. The number of rotatable bonds is 9. The van der Waals surface area contributed by atoms with Gasteiger partial charge < -0.3 is 14.5 Å². The Labute approximate surface area is 235 Å². The lowest BCUT2D eigenvalue weighted by molar-refractivity contribution is -0.145. The first-order valence-electron chi connectivity index (χ1n) is 13.2. The Bertz CT molecular complexity index is 1720. The average Bonchev–Trinajstić information content (AvgIpc) is 3.26. The summed E-state index contributed by atoms with van der Waals surface area (Å²) in [5, 5.41) is 4.44. The number of esters is 1. The van der Waals surface area contributed by atoms with Gasteiger partial charge in [0.1, 0.15) is 17.1 Å². The van der Waals surface area contributed by atoms with E-state index in [-0.39, 0.29) is 18.6 Å². The molecule has 2 aromatic carbocycles. The van der Waals surface area contributed by atoms with Crippen molar-refractivity contribution in [3.63, 3.8) is 0 Å². The Morgan fingerprint density at radius 3 is 2.36 bits per heavy atom. The first-order valence-corrected chi connectivity index (χ1v) is 13.2. The molecule has 1 N–H and O–H groups in total. The minimum Gasteiger partial charge on any atom is -0.493 e. The van der Waals surface area contributed by atoms with E-state index in [0.717, 1.165) is 12.0 Å². The van der Waals surface area contributed by atoms with Gasteiger partial charge in [0.15, 0.2) is 5.52 Å². The van der Waals surface area contributed by atoms with Crippen LogP contribution in [0.1, 0.15) is 31.5 Å². The van der Waals surface area contributed by atoms with Crippen LogP contribution in [0, 0.1) is 35.0 Å². The number of aromatic nitrogens is 4. The van der Waals surface area contributed by atoms with Crippen LogP contribution >= 0.6 is 0 Å². The van der Waals surface area contributed by atoms with Crippen LogP contribution in [0.2, 0.25) is 0 Å². The van der Waals surface area contributed by atoms with E-state index < -0.39 is 46.7 Å². The summed E-state index contributed by atoms with van der Waals surface area (Å²) < 4.78 is 79.8. The minimum atomic E-state index is -2.34. The van der Waals surface area contributed by atoms with Gasteiger partial charge in [0.2, 0.25) is 34.8 Å². The molecule has 0 spiro atoms. The second kappa shape index (κ2) is 11.5. The number of fused-ring (bicyclic) bond motifs is 1. The van der Waals surface area contributed by atoms with E-state index in [1.807, 2.05) is 18.7 Å². The number of ether oxygens (including phenoxy) is 2. The molecule has 0 aliphatic carbocycles. The van der Waals surface area contributed by atoms with Gasteiger partial charge in [-0.2, -0.15) is 13.9 Å². The Morgan fingerprint density at radius 2 is 1.71 bits per heavy atom. The summed E-state index contributed by atoms with van der Waals surface area (Å²) in [5.41, 5.74) is 2.55. The number of aromatic amines is 1. The van der Waals surface area contributed by atoms with Crippen molar-refractivity contribution in [3.05, 3.63) is 68.9 Å². The van der Waals surface area contributed by atoms with Crippen molar-refractivity contribution >= 4 is 17.0 Å². The molecule has 0 atom stereocenters. The second-order valence-electron chi connectivity index (χ2n) is 9.91. The maximum Gasteiger partial charge on any atom is 0.317 e. The number of halogens is 5. The summed E-state index contributed by atoms with van der Waals surface area (Å²) in [4.78, 5) is 34.7. The fourth-order valence-electron chi connectivity index (χ4n) is 4.89. The molecule has 0 saturated carbocycles. The zero-order chi connectivity index (χ0) is 30.3. The molecule has 3 heterocycles. The number of aryl methyl sites for hydroxylation is 2. The van der Waals surface area contributed by atoms with Crippen LogP contribution in [0.25, 0.3) is 22.4 Å². The maximum atomic E-state index is 13.9. The van der Waals surface area contributed by atoms with Gasteiger partial charge in [0.25, 0.3) is 5.56 Å². The Kier molecular flexibility index (Phi) is 7.99. The van der Waals surface area contributed by atoms with Crippen LogP contribution in [-0.2, 0) is 24.8 Å². The van der Waals surface area contributed by atoms with Gasteiger partial charge in [-0.15, -0.1) is 0 Å². The molecule has 1 aliphatic heterocycles. The van der Waals surface area contributed by atoms with Gasteiger partial charge in [0.05, 0.1) is 23.8 Å². The van der Waals surface area contributed by atoms with Crippen molar-refractivity contribution in [2.75, 3.05) is 19.7 Å². The molecule has 2 aromatic heterocycles. The standard InChI is InChI=1S/C28H26F5N5O4/c1-4-6-16-23-24(37(3)36-16)27(39)35-26(34-23)15-9-13(7-8-17(15)41-5-2)10-38-11-14(12-38)28(40)42-25-21(32)19(30)18(29)20(31)22(25)33/h7-9,14H,4-6,10-12H2,1-3H3,(H,34,35,39). The van der Waals surface area contributed by atoms with Crippen molar-refractivity contribution < 1.29 is 36.2 Å². The van der Waals surface area contributed by atoms with E-state index in [2.05, 4.69) is 14.8 Å². The lowest BCUT2D eigenvalue weighted by Gasteiger charge is -2.37. The predicted molar refractivity (Wildman–Crippen MR) is 140 cm³/mol. The van der Waals surface area contributed by atoms with Gasteiger partial charge >= 0.3 is 5.97 Å². The largest absolute Gasteiger partial charge is 0.493 e. The number of carbonyl (C=O) groups is 1. The van der Waals surface area contributed by atoms with Gasteiger partial charge in [-0.05, 0) is 31.0 Å². The summed E-state index contributed by atoms with van der Waals surface area (Å²) in [6.07, 6.45) is 1.47. The fraction of sp³-hybridized carbons (Fsp3) is 0.357. The normalized spacial score (nSPS) is 13.9. The molecule has 1 fully saturated rings. The molecular formula is C28H26F5N5O4. The van der Waals surface area contributed by atoms with Crippen LogP contribution in [0.5, 0.6) is 11.5 Å². The van der Waals surface area contributed by atoms with Gasteiger partial charge in [0, 0.05) is 26.7 Å². The lowest BCUT2D eigenvalue weighted by atomic mass is 9.98. The van der Waals surface area contributed by atoms with Crippen molar-refractivity contribution in [1.29, 1.82) is 0 Å². The number of carbonyl (C=O) groups excluding carboxylic acids is 1. The molecule has 9 nitrogen and oxygen atoms in total. The molecule has 42 heavy (non-hydrogen) atoms. The molecule has 0 bridgehead atoms. The number of nitrogens with zero attached hydrogens (tertiary/aromatic N) is 4. The van der Waals surface area contributed by atoms with E-state index >= 15 is 0 Å². The van der Waals surface area contributed by atoms with E-state index in [0.29, 0.717) is 53.4 Å². The topological polar surface area (TPSA) is 102 Å². The first-order chi connectivity index (χ1) is 20.0. The van der Waals surface area contributed by atoms with Crippen LogP contribution in [-0.4, -0.2) is 50.3 Å². The van der Waals surface area contributed by atoms with Gasteiger partial charge in [-0.25, -0.2) is 18.2 Å². The number of likely N-dealkylation sites (tertiary alicyclic amines) is 1. The third kappa shape index (κ3) is 5.22. The van der Waals surface area contributed by atoms with Crippen molar-refractivity contribution in [1.82, 2.24) is 24.6 Å². The maximum absolute atomic E-state index is 13.9. The SMILES string of the molecule is CCCc1nn(C)c2c(=O)[nH]c(-c3cc(CN4CC(C(=O)Oc5c(F)c(F)c(F)c(F)c5F)C4)ccc3OCC)nc12. The third-order valence-electron chi connectivity index (χ3n) is 6.92. The molecule has 0 radical (unpaired) electrons. The monoisotopic (exact) mass is 591 g/mol. The smallest absolute Gasteiger partial charge is 0.317 e. The van der Waals surface area contributed by atoms with Crippen molar-refractivity contribution in [2.45, 2.75) is 33.2 Å². The van der Waals surface area contributed by atoms with Crippen LogP contribution in [0.4, 0.5) is 22.0 Å². The predicted octanol–water partition coefficient (Wildman–Crippen LogP) is 4.41. The van der Waals surface area contributed by atoms with Crippen LogP contribution in [0.15, 0.2) is 23.0 Å². The summed E-state index contributed by atoms with van der Waals surface area (Å²) in [5.74, 6) is -13.9. The zero-order valence-corrected chi connectivity index (χ0v) is 22.9. The first kappa shape index (κ1) is 29.2. The molecular weight excluding hydrogens is 565 g/mol. The number of nitrogens with one attached hydrogen (secondary N) is 1. The molecule has 0 amide bonds. The summed E-state index contributed by atoms with van der Waals surface area (Å²) in [6, 6.07) is 5.34. The summed E-state index contributed by atoms with van der Waals surface area (Å²) in [6.45, 7) is 4.77. The molecule has 222 valence electrons. The fourth-order valence-corrected chi connectivity index (χ4v) is 4.89. The molecule has 0 unspecified atom stereocenters. The highest BCUT2D eigenvalue weighted by atomic mass is 19.2. The summed E-state index contributed by atoms with van der Waals surface area (Å²) >= 11 is 0. The lowest BCUT2D eigenvalue weighted by Crippen LogP contribution is -2.51. The van der Waals surface area contributed by atoms with Crippen LogP contribution < -0.4 is 15.0 Å². The molecule has 5 rings (SSSR count). The molecule has 4 aromatic rings. The Balaban J connectivity index is 1.34. The van der Waals surface area contributed by atoms with Gasteiger partial charge in [-0.3, -0.25) is 19.2 Å². The van der Waals surface area contributed by atoms with Gasteiger partial charge in [-0.1, -0.05) is 19.4 Å². The summed E-state index contributed by atoms with van der Waals surface area (Å²) in [7, 11) is 1.68. The molecule has 1 saturated heterocycles. The second-order valence-corrected chi connectivity index (χ2v) is 9.91. The third-order valence-corrected chi connectivity index (χ3v) is 6.92. The zero-order valence-electron chi connectivity index (χ0n) is 22.9. The van der Waals surface area contributed by atoms with E-state index in [1.54, 1.807) is 25.2 Å². The molecule has 1 aliphatic rings. The Hall–Kier alpha value is -4.33. The van der Waals surface area contributed by atoms with Crippen molar-refractivity contribution in [3.8, 4) is 22.9 Å². The minimum absolute atomic E-state index is 0.119. The highest BCUT2D eigenvalue weighted by Gasteiger charge is 2.36. The average molecular weight is 592 g/mol. The van der Waals surface area contributed by atoms with E-state index in [1.165, 1.54) is 4.68 Å². The Morgan fingerprint density at radius 1 is 1.05 bits per heavy atom. The number of hydrogen-bond acceptors (Lipinski definition) is 7. The highest BCUT2D eigenvalue weighted by Crippen LogP contribution is 2.33. The quantitative estimate of drug-likeness (QED) is 0.101.